The number of rotatable bonds is 5. The Hall–Kier alpha value is -1.77. The van der Waals surface area contributed by atoms with Gasteiger partial charge < -0.3 is 21.9 Å². The maximum absolute atomic E-state index is 11.0. The van der Waals surface area contributed by atoms with E-state index in [9.17, 15) is 19.2 Å². The Morgan fingerprint density at radius 1 is 1.31 bits per heavy atom. The molecule has 0 fully saturated rings. The van der Waals surface area contributed by atoms with Crippen LogP contribution < -0.4 is 16.8 Å². The average molecular weight is 249 g/mol. The van der Waals surface area contributed by atoms with Crippen molar-refractivity contribution in [2.24, 2.45) is 11.5 Å². The normalized spacial score (nSPS) is 15.6. The lowest BCUT2D eigenvalue weighted by Crippen LogP contribution is -2.65. The van der Waals surface area contributed by atoms with Gasteiger partial charge in [-0.3, -0.25) is 19.2 Å². The van der Waals surface area contributed by atoms with E-state index in [1.807, 2.05) is 5.32 Å². The Kier molecular flexibility index (Phi) is 4.30. The highest BCUT2D eigenvalue weighted by Crippen LogP contribution is 2.20. The fourth-order valence-corrected chi connectivity index (χ4v) is 1.15. The molecule has 6 N–H and O–H groups in total. The van der Waals surface area contributed by atoms with E-state index >= 15 is 0 Å². The second-order valence-electron chi connectivity index (χ2n) is 2.97. The van der Waals surface area contributed by atoms with Gasteiger partial charge in [-0.15, -0.1) is 12.6 Å². The minimum Gasteiger partial charge on any atom is -0.480 e. The molecule has 0 aliphatic rings. The van der Waals surface area contributed by atoms with Gasteiger partial charge in [0, 0.05) is 6.92 Å². The topological polar surface area (TPSA) is 153 Å². The van der Waals surface area contributed by atoms with E-state index in [1.165, 1.54) is 0 Å². The molecule has 0 spiro atoms. The lowest BCUT2D eigenvalue weighted by Gasteiger charge is -2.27. The second-order valence-corrected chi connectivity index (χ2v) is 3.68. The average Bonchev–Trinajstić information content (AvgIpc) is 2.11. The van der Waals surface area contributed by atoms with Crippen LogP contribution >= 0.6 is 12.6 Å². The van der Waals surface area contributed by atoms with Gasteiger partial charge in [0.15, 0.2) is 0 Å². The van der Waals surface area contributed by atoms with Crippen molar-refractivity contribution in [2.75, 3.05) is 0 Å². The number of carboxylic acids is 1. The number of carbonyl (C=O) groups is 4. The van der Waals surface area contributed by atoms with Crippen molar-refractivity contribution >= 4 is 36.3 Å². The van der Waals surface area contributed by atoms with Gasteiger partial charge in [-0.1, -0.05) is 0 Å². The summed E-state index contributed by atoms with van der Waals surface area (Å²) >= 11 is 3.53. The third kappa shape index (κ3) is 2.63. The Labute approximate surface area is 95.8 Å². The van der Waals surface area contributed by atoms with Crippen LogP contribution in [0, 0.1) is 0 Å². The van der Waals surface area contributed by atoms with Crippen LogP contribution in [-0.4, -0.2) is 39.6 Å². The zero-order valence-electron chi connectivity index (χ0n) is 8.26. The molecule has 0 heterocycles. The first kappa shape index (κ1) is 14.2. The van der Waals surface area contributed by atoms with Gasteiger partial charge in [0.1, 0.15) is 6.04 Å². The highest BCUT2D eigenvalue weighted by atomic mass is 32.1. The third-order valence-corrected chi connectivity index (χ3v) is 2.42. The van der Waals surface area contributed by atoms with Crippen molar-refractivity contribution in [3.8, 4) is 0 Å². The maximum atomic E-state index is 11.0. The number of nitrogens with two attached hydrogens (primary N) is 2. The zero-order chi connectivity index (χ0) is 13.1. The summed E-state index contributed by atoms with van der Waals surface area (Å²) in [5.41, 5.74) is 9.70. The molecular formula is C7H11N3O5S. The summed E-state index contributed by atoms with van der Waals surface area (Å²) in [6.45, 7) is 1.02. The Morgan fingerprint density at radius 2 is 1.75 bits per heavy atom. The number of carboxylic acid groups (broad SMARTS) is 1. The summed E-state index contributed by atoms with van der Waals surface area (Å²) in [6, 6.07) is -1.83. The van der Waals surface area contributed by atoms with Crippen LogP contribution in [0.15, 0.2) is 0 Å². The van der Waals surface area contributed by atoms with Gasteiger partial charge in [-0.25, -0.2) is 0 Å². The van der Waals surface area contributed by atoms with E-state index in [2.05, 4.69) is 12.6 Å². The van der Waals surface area contributed by atoms with Crippen molar-refractivity contribution < 1.29 is 24.3 Å². The zero-order valence-corrected chi connectivity index (χ0v) is 9.15. The van der Waals surface area contributed by atoms with E-state index in [-0.39, 0.29) is 0 Å². The van der Waals surface area contributed by atoms with Crippen LogP contribution in [0.25, 0.3) is 0 Å². The molecule has 0 aromatic carbocycles. The standard InChI is InChI=1S/C7H11N3O5S/c1-2(11)10-3(4(8)12)7(16,5(9)13)6(14)15/h3,16H,1H3,(H2,8,12)(H2,9,13)(H,10,11)(H,14,15). The molecule has 0 aromatic rings. The third-order valence-electron chi connectivity index (χ3n) is 1.75. The van der Waals surface area contributed by atoms with Crippen molar-refractivity contribution in [1.29, 1.82) is 0 Å². The Morgan fingerprint density at radius 3 is 1.94 bits per heavy atom. The molecule has 0 bridgehead atoms. The minimum absolute atomic E-state index is 0.746. The lowest BCUT2D eigenvalue weighted by atomic mass is 9.97. The molecule has 2 unspecified atom stereocenters. The first-order chi connectivity index (χ1) is 7.13. The van der Waals surface area contributed by atoms with Crippen LogP contribution in [0.1, 0.15) is 6.92 Å². The number of nitrogens with one attached hydrogen (secondary N) is 1. The first-order valence-corrected chi connectivity index (χ1v) is 4.40. The summed E-state index contributed by atoms with van der Waals surface area (Å²) in [4.78, 5) is 43.6. The van der Waals surface area contributed by atoms with E-state index in [4.69, 9.17) is 16.6 Å². The van der Waals surface area contributed by atoms with Crippen molar-refractivity contribution in [2.45, 2.75) is 17.7 Å². The van der Waals surface area contributed by atoms with Crippen LogP contribution in [0.5, 0.6) is 0 Å². The van der Waals surface area contributed by atoms with E-state index in [0.29, 0.717) is 0 Å². The number of hydrogen-bond acceptors (Lipinski definition) is 5. The number of thiol groups is 1. The van der Waals surface area contributed by atoms with Gasteiger partial charge in [-0.2, -0.15) is 0 Å². The molecule has 16 heavy (non-hydrogen) atoms. The van der Waals surface area contributed by atoms with Crippen LogP contribution in [0.3, 0.4) is 0 Å². The van der Waals surface area contributed by atoms with Crippen LogP contribution in [0.4, 0.5) is 0 Å². The Balaban J connectivity index is 5.44. The summed E-state index contributed by atoms with van der Waals surface area (Å²) in [6.07, 6.45) is 0. The van der Waals surface area contributed by atoms with E-state index in [1.54, 1.807) is 0 Å². The lowest BCUT2D eigenvalue weighted by molar-refractivity contribution is -0.147. The number of primary amides is 2. The molecule has 0 aliphatic carbocycles. The smallest absolute Gasteiger partial charge is 0.331 e. The van der Waals surface area contributed by atoms with E-state index < -0.39 is 34.5 Å². The van der Waals surface area contributed by atoms with Crippen LogP contribution in [-0.2, 0) is 19.2 Å². The molecule has 8 nitrogen and oxygen atoms in total. The van der Waals surface area contributed by atoms with Crippen molar-refractivity contribution in [3.05, 3.63) is 0 Å². The number of aliphatic carboxylic acids is 1. The van der Waals surface area contributed by atoms with Crippen molar-refractivity contribution in [3.63, 3.8) is 0 Å². The molecule has 3 amide bonds. The van der Waals surface area contributed by atoms with Crippen molar-refractivity contribution in [1.82, 2.24) is 5.32 Å². The van der Waals surface area contributed by atoms with Gasteiger partial charge in [0.25, 0.3) is 0 Å². The summed E-state index contributed by atoms with van der Waals surface area (Å²) < 4.78 is -2.59. The highest BCUT2D eigenvalue weighted by Gasteiger charge is 2.52. The van der Waals surface area contributed by atoms with Gasteiger partial charge >= 0.3 is 5.97 Å². The molecule has 9 heteroatoms. The number of carbonyl (C=O) groups excluding carboxylic acids is 3. The number of amides is 3. The summed E-state index contributed by atoms with van der Waals surface area (Å²) in [5.74, 6) is -5.15. The Bertz CT molecular complexity index is 342. The van der Waals surface area contributed by atoms with E-state index in [0.717, 1.165) is 6.92 Å². The molecule has 2 atom stereocenters. The summed E-state index contributed by atoms with van der Waals surface area (Å²) in [5, 5.41) is 10.7. The fourth-order valence-electron chi connectivity index (χ4n) is 0.956. The molecule has 90 valence electrons. The quantitative estimate of drug-likeness (QED) is 0.263. The minimum atomic E-state index is -2.59. The maximum Gasteiger partial charge on any atom is 0.331 e. The predicted octanol–water partition coefficient (Wildman–Crippen LogP) is -2.79. The fraction of sp³-hybridized carbons (Fsp3) is 0.429. The SMILES string of the molecule is CC(=O)NC(C(N)=O)C(S)(C(N)=O)C(=O)O. The first-order valence-electron chi connectivity index (χ1n) is 3.96. The largest absolute Gasteiger partial charge is 0.480 e. The monoisotopic (exact) mass is 249 g/mol. The van der Waals surface area contributed by atoms with Gasteiger partial charge in [-0.05, 0) is 0 Å². The molecular weight excluding hydrogens is 238 g/mol. The van der Waals surface area contributed by atoms with Gasteiger partial charge in [0.2, 0.25) is 22.5 Å². The molecule has 0 radical (unpaired) electrons. The molecule has 0 rings (SSSR count). The predicted molar refractivity (Wildman–Crippen MR) is 55.3 cm³/mol. The van der Waals surface area contributed by atoms with Gasteiger partial charge in [0.05, 0.1) is 0 Å². The molecule has 0 saturated heterocycles. The summed E-state index contributed by atoms with van der Waals surface area (Å²) in [7, 11) is 0. The highest BCUT2D eigenvalue weighted by molar-refractivity contribution is 7.83. The second kappa shape index (κ2) is 4.84. The van der Waals surface area contributed by atoms with Crippen LogP contribution in [0.2, 0.25) is 0 Å². The molecule has 0 aliphatic heterocycles. The number of hydrogen-bond donors (Lipinski definition) is 5. The molecule has 0 saturated carbocycles. The molecule has 0 aromatic heterocycles.